The number of pyridine rings is 1. The lowest BCUT2D eigenvalue weighted by Gasteiger charge is -2.21. The van der Waals surface area contributed by atoms with Gasteiger partial charge in [0, 0.05) is 30.8 Å². The molecule has 4 heteroatoms. The van der Waals surface area contributed by atoms with E-state index in [2.05, 4.69) is 54.0 Å². The number of hydrogen-bond donors (Lipinski definition) is 1. The average Bonchev–Trinajstić information content (AvgIpc) is 2.98. The first kappa shape index (κ1) is 15.9. The minimum absolute atomic E-state index is 0.0249. The van der Waals surface area contributed by atoms with Crippen molar-refractivity contribution in [3.05, 3.63) is 70.7 Å². The van der Waals surface area contributed by atoms with Crippen LogP contribution in [0.1, 0.15) is 34.5 Å². The number of fused-ring (bicyclic) bond motifs is 3. The van der Waals surface area contributed by atoms with Crippen molar-refractivity contribution in [2.45, 2.75) is 39.7 Å². The number of benzene rings is 1. The number of rotatable bonds is 3. The van der Waals surface area contributed by atoms with Crippen LogP contribution in [0.15, 0.2) is 42.6 Å². The Morgan fingerprint density at radius 1 is 1.24 bits per heavy atom. The van der Waals surface area contributed by atoms with Crippen molar-refractivity contribution in [3.8, 4) is 0 Å². The quantitative estimate of drug-likeness (QED) is 0.799. The Balaban J connectivity index is 1.50. The lowest BCUT2D eigenvalue weighted by molar-refractivity contribution is -0.125. The molecular formula is C21H23N3O. The third-order valence-electron chi connectivity index (χ3n) is 5.20. The van der Waals surface area contributed by atoms with E-state index in [4.69, 9.17) is 4.98 Å². The maximum Gasteiger partial charge on any atom is 0.223 e. The summed E-state index contributed by atoms with van der Waals surface area (Å²) in [6.07, 6.45) is 4.63. The van der Waals surface area contributed by atoms with Crippen LogP contribution < -0.4 is 5.32 Å². The van der Waals surface area contributed by atoms with Gasteiger partial charge in [-0.05, 0) is 49.4 Å². The number of carbonyl (C=O) groups excluding carboxylic acids is 1. The number of nitrogens with zero attached hydrogens (tertiary/aromatic N) is 2. The van der Waals surface area contributed by atoms with Crippen molar-refractivity contribution in [3.63, 3.8) is 0 Å². The van der Waals surface area contributed by atoms with E-state index in [1.807, 2.05) is 12.1 Å². The zero-order valence-corrected chi connectivity index (χ0v) is 14.7. The topological polar surface area (TPSA) is 46.4 Å². The minimum Gasteiger partial charge on any atom is -0.352 e. The molecule has 0 saturated carbocycles. The van der Waals surface area contributed by atoms with Crippen molar-refractivity contribution in [1.29, 1.82) is 0 Å². The molecule has 3 aromatic rings. The SMILES string of the molecule is Cc1ccc2nc3c(n2c1)CC(C(=O)NCc1ccccc1C)CC3. The molecule has 4 rings (SSSR count). The summed E-state index contributed by atoms with van der Waals surface area (Å²) in [5, 5.41) is 3.12. The highest BCUT2D eigenvalue weighted by atomic mass is 16.1. The lowest BCUT2D eigenvalue weighted by Crippen LogP contribution is -2.34. The first-order chi connectivity index (χ1) is 12.1. The van der Waals surface area contributed by atoms with Crippen LogP contribution in [-0.4, -0.2) is 15.3 Å². The zero-order valence-electron chi connectivity index (χ0n) is 14.7. The van der Waals surface area contributed by atoms with Crippen LogP contribution in [0.4, 0.5) is 0 Å². The van der Waals surface area contributed by atoms with E-state index in [0.29, 0.717) is 6.54 Å². The molecule has 2 heterocycles. The van der Waals surface area contributed by atoms with Crippen molar-refractivity contribution in [1.82, 2.24) is 14.7 Å². The van der Waals surface area contributed by atoms with Gasteiger partial charge >= 0.3 is 0 Å². The third kappa shape index (κ3) is 3.04. The summed E-state index contributed by atoms with van der Waals surface area (Å²) >= 11 is 0. The molecule has 1 unspecified atom stereocenters. The lowest BCUT2D eigenvalue weighted by atomic mass is 9.89. The van der Waals surface area contributed by atoms with E-state index in [1.165, 1.54) is 22.4 Å². The van der Waals surface area contributed by atoms with E-state index in [0.717, 1.165) is 30.6 Å². The summed E-state index contributed by atoms with van der Waals surface area (Å²) in [4.78, 5) is 17.4. The zero-order chi connectivity index (χ0) is 17.4. The summed E-state index contributed by atoms with van der Waals surface area (Å²) in [7, 11) is 0. The van der Waals surface area contributed by atoms with Crippen LogP contribution >= 0.6 is 0 Å². The van der Waals surface area contributed by atoms with Crippen LogP contribution in [0, 0.1) is 19.8 Å². The summed E-state index contributed by atoms with van der Waals surface area (Å²) in [5.74, 6) is 0.174. The van der Waals surface area contributed by atoms with E-state index in [9.17, 15) is 4.79 Å². The van der Waals surface area contributed by atoms with E-state index in [-0.39, 0.29) is 11.8 Å². The molecule has 128 valence electrons. The highest BCUT2D eigenvalue weighted by Gasteiger charge is 2.28. The van der Waals surface area contributed by atoms with Gasteiger partial charge in [-0.3, -0.25) is 4.79 Å². The molecule has 0 aliphatic heterocycles. The van der Waals surface area contributed by atoms with Crippen molar-refractivity contribution in [2.75, 3.05) is 0 Å². The smallest absolute Gasteiger partial charge is 0.223 e. The number of carbonyl (C=O) groups is 1. The van der Waals surface area contributed by atoms with Crippen LogP contribution in [-0.2, 0) is 24.2 Å². The van der Waals surface area contributed by atoms with Gasteiger partial charge in [0.15, 0.2) is 0 Å². The standard InChI is InChI=1S/C21H23N3O/c1-14-7-10-20-23-18-9-8-16(11-19(18)24(20)13-14)21(25)22-12-17-6-4-3-5-15(17)2/h3-7,10,13,16H,8-9,11-12H2,1-2H3,(H,22,25). The summed E-state index contributed by atoms with van der Waals surface area (Å²) < 4.78 is 2.16. The van der Waals surface area contributed by atoms with E-state index < -0.39 is 0 Å². The van der Waals surface area contributed by atoms with Gasteiger partial charge in [-0.2, -0.15) is 0 Å². The van der Waals surface area contributed by atoms with Gasteiger partial charge in [-0.1, -0.05) is 30.3 Å². The van der Waals surface area contributed by atoms with Gasteiger partial charge in [0.25, 0.3) is 0 Å². The monoisotopic (exact) mass is 333 g/mol. The van der Waals surface area contributed by atoms with Gasteiger partial charge in [0.05, 0.1) is 5.69 Å². The molecule has 0 bridgehead atoms. The molecule has 0 spiro atoms. The predicted molar refractivity (Wildman–Crippen MR) is 98.5 cm³/mol. The number of nitrogens with one attached hydrogen (secondary N) is 1. The molecule has 1 amide bonds. The van der Waals surface area contributed by atoms with Crippen LogP contribution in [0.5, 0.6) is 0 Å². The Bertz CT molecular complexity index is 941. The van der Waals surface area contributed by atoms with Gasteiger partial charge in [-0.15, -0.1) is 0 Å². The Labute approximate surface area is 147 Å². The maximum atomic E-state index is 12.7. The number of aromatic nitrogens is 2. The van der Waals surface area contributed by atoms with Crippen molar-refractivity contribution >= 4 is 11.6 Å². The van der Waals surface area contributed by atoms with Gasteiger partial charge in [-0.25, -0.2) is 4.98 Å². The number of imidazole rings is 1. The normalized spacial score (nSPS) is 16.6. The largest absolute Gasteiger partial charge is 0.352 e. The first-order valence-electron chi connectivity index (χ1n) is 8.90. The fourth-order valence-electron chi connectivity index (χ4n) is 3.67. The van der Waals surface area contributed by atoms with Crippen LogP contribution in [0.3, 0.4) is 0 Å². The van der Waals surface area contributed by atoms with Crippen LogP contribution in [0.25, 0.3) is 5.65 Å². The molecule has 1 aliphatic carbocycles. The molecule has 0 saturated heterocycles. The summed E-state index contributed by atoms with van der Waals surface area (Å²) in [6, 6.07) is 12.3. The molecular weight excluding hydrogens is 310 g/mol. The second-order valence-electron chi connectivity index (χ2n) is 7.02. The molecule has 1 atom stereocenters. The number of amides is 1. The fraction of sp³-hybridized carbons (Fsp3) is 0.333. The number of hydrogen-bond acceptors (Lipinski definition) is 2. The maximum absolute atomic E-state index is 12.7. The first-order valence-corrected chi connectivity index (χ1v) is 8.90. The van der Waals surface area contributed by atoms with E-state index >= 15 is 0 Å². The highest BCUT2D eigenvalue weighted by molar-refractivity contribution is 5.79. The Morgan fingerprint density at radius 2 is 2.08 bits per heavy atom. The summed E-state index contributed by atoms with van der Waals surface area (Å²) in [5.41, 5.74) is 6.92. The second kappa shape index (κ2) is 6.36. The van der Waals surface area contributed by atoms with Crippen molar-refractivity contribution in [2.24, 2.45) is 5.92 Å². The molecule has 2 aromatic heterocycles. The molecule has 25 heavy (non-hydrogen) atoms. The predicted octanol–water partition coefficient (Wildman–Crippen LogP) is 3.37. The Morgan fingerprint density at radius 3 is 2.92 bits per heavy atom. The van der Waals surface area contributed by atoms with E-state index in [1.54, 1.807) is 0 Å². The fourth-order valence-corrected chi connectivity index (χ4v) is 3.67. The van der Waals surface area contributed by atoms with Gasteiger partial charge in [0.2, 0.25) is 5.91 Å². The third-order valence-corrected chi connectivity index (χ3v) is 5.20. The summed E-state index contributed by atoms with van der Waals surface area (Å²) in [6.45, 7) is 4.76. The number of aryl methyl sites for hydroxylation is 3. The second-order valence-corrected chi connectivity index (χ2v) is 7.02. The Hall–Kier alpha value is -2.62. The molecule has 1 aromatic carbocycles. The highest BCUT2D eigenvalue weighted by Crippen LogP contribution is 2.27. The molecule has 0 radical (unpaired) electrons. The van der Waals surface area contributed by atoms with Crippen molar-refractivity contribution < 1.29 is 4.79 Å². The molecule has 1 N–H and O–H groups in total. The minimum atomic E-state index is 0.0249. The molecule has 1 aliphatic rings. The Kier molecular flexibility index (Phi) is 4.04. The van der Waals surface area contributed by atoms with Gasteiger partial charge < -0.3 is 9.72 Å². The molecule has 4 nitrogen and oxygen atoms in total. The van der Waals surface area contributed by atoms with Crippen LogP contribution in [0.2, 0.25) is 0 Å². The van der Waals surface area contributed by atoms with Gasteiger partial charge in [0.1, 0.15) is 5.65 Å². The average molecular weight is 333 g/mol. The molecule has 0 fully saturated rings.